The van der Waals surface area contributed by atoms with Crippen LogP contribution in [0.3, 0.4) is 0 Å². The highest BCUT2D eigenvalue weighted by atomic mass is 16.5. The Labute approximate surface area is 125 Å². The number of amides is 1. The first-order valence-electron chi connectivity index (χ1n) is 7.58. The summed E-state index contributed by atoms with van der Waals surface area (Å²) in [6.07, 6.45) is 1.71. The molecular formula is C15H26N2O4. The minimum Gasteiger partial charge on any atom is -0.480 e. The van der Waals surface area contributed by atoms with E-state index >= 15 is 0 Å². The number of hydrogen-bond donors (Lipinski definition) is 3. The first-order valence-corrected chi connectivity index (χ1v) is 7.58. The summed E-state index contributed by atoms with van der Waals surface area (Å²) in [6.45, 7) is 8.07. The molecule has 4 atom stereocenters. The summed E-state index contributed by atoms with van der Waals surface area (Å²) < 4.78 is 5.76. The summed E-state index contributed by atoms with van der Waals surface area (Å²) in [5.74, 6) is -1.64. The van der Waals surface area contributed by atoms with Crippen LogP contribution in [0.25, 0.3) is 0 Å². The molecule has 0 aromatic heterocycles. The number of carbonyl (C=O) groups excluding carboxylic acids is 1. The first-order chi connectivity index (χ1) is 9.64. The van der Waals surface area contributed by atoms with E-state index in [9.17, 15) is 14.7 Å². The number of aliphatic carboxylic acids is 1. The molecule has 0 aromatic rings. The Morgan fingerprint density at radius 1 is 1.38 bits per heavy atom. The van der Waals surface area contributed by atoms with E-state index in [1.165, 1.54) is 0 Å². The van der Waals surface area contributed by atoms with Crippen molar-refractivity contribution >= 4 is 11.9 Å². The van der Waals surface area contributed by atoms with Gasteiger partial charge in [0.2, 0.25) is 5.91 Å². The summed E-state index contributed by atoms with van der Waals surface area (Å²) in [5, 5.41) is 11.9. The third-order valence-electron chi connectivity index (χ3n) is 5.28. The third kappa shape index (κ3) is 2.25. The molecular weight excluding hydrogens is 272 g/mol. The SMILES string of the molecule is CC(C)[C@H](NC(=O)C1(N)C2CCCOC2C1(C)C)C(=O)O. The van der Waals surface area contributed by atoms with Crippen molar-refractivity contribution in [1.29, 1.82) is 0 Å². The molecule has 0 radical (unpaired) electrons. The van der Waals surface area contributed by atoms with Gasteiger partial charge >= 0.3 is 5.97 Å². The number of rotatable bonds is 4. The van der Waals surface area contributed by atoms with Crippen LogP contribution in [-0.2, 0) is 14.3 Å². The van der Waals surface area contributed by atoms with Crippen LogP contribution in [0, 0.1) is 17.3 Å². The zero-order valence-corrected chi connectivity index (χ0v) is 13.2. The second-order valence-electron chi connectivity index (χ2n) is 7.16. The number of nitrogens with one attached hydrogen (secondary N) is 1. The molecule has 2 fully saturated rings. The number of carbonyl (C=O) groups is 2. The van der Waals surface area contributed by atoms with Gasteiger partial charge in [-0.3, -0.25) is 4.79 Å². The Kier molecular flexibility index (Phi) is 4.06. The van der Waals surface area contributed by atoms with E-state index in [-0.39, 0.29) is 23.8 Å². The number of carboxylic acids is 1. The van der Waals surface area contributed by atoms with E-state index in [1.807, 2.05) is 13.8 Å². The number of hydrogen-bond acceptors (Lipinski definition) is 4. The first kappa shape index (κ1) is 16.2. The lowest BCUT2D eigenvalue weighted by molar-refractivity contribution is -0.225. The van der Waals surface area contributed by atoms with Crippen molar-refractivity contribution in [3.63, 3.8) is 0 Å². The monoisotopic (exact) mass is 298 g/mol. The van der Waals surface area contributed by atoms with Gasteiger partial charge in [0.25, 0.3) is 0 Å². The summed E-state index contributed by atoms with van der Waals surface area (Å²) in [7, 11) is 0. The van der Waals surface area contributed by atoms with Crippen molar-refractivity contribution in [2.45, 2.75) is 58.2 Å². The average Bonchev–Trinajstić information content (AvgIpc) is 2.42. The van der Waals surface area contributed by atoms with Crippen molar-refractivity contribution < 1.29 is 19.4 Å². The van der Waals surface area contributed by atoms with Gasteiger partial charge in [-0.2, -0.15) is 0 Å². The molecule has 4 N–H and O–H groups in total. The lowest BCUT2D eigenvalue weighted by Gasteiger charge is -2.65. The highest BCUT2D eigenvalue weighted by Crippen LogP contribution is 2.57. The molecule has 0 spiro atoms. The van der Waals surface area contributed by atoms with Gasteiger partial charge in [-0.1, -0.05) is 27.7 Å². The Morgan fingerprint density at radius 2 is 2.00 bits per heavy atom. The van der Waals surface area contributed by atoms with Crippen LogP contribution in [0.5, 0.6) is 0 Å². The van der Waals surface area contributed by atoms with Crippen LogP contribution in [0.4, 0.5) is 0 Å². The van der Waals surface area contributed by atoms with Crippen LogP contribution in [0.2, 0.25) is 0 Å². The number of ether oxygens (including phenoxy) is 1. The fourth-order valence-electron chi connectivity index (χ4n) is 3.81. The van der Waals surface area contributed by atoms with Gasteiger partial charge in [-0.15, -0.1) is 0 Å². The van der Waals surface area contributed by atoms with Gasteiger partial charge < -0.3 is 20.9 Å². The molecule has 1 saturated carbocycles. The normalized spacial score (nSPS) is 35.5. The molecule has 0 aromatic carbocycles. The maximum Gasteiger partial charge on any atom is 0.326 e. The van der Waals surface area contributed by atoms with Gasteiger partial charge in [0, 0.05) is 17.9 Å². The Bertz CT molecular complexity index is 449. The largest absolute Gasteiger partial charge is 0.480 e. The lowest BCUT2D eigenvalue weighted by atomic mass is 9.46. The van der Waals surface area contributed by atoms with Crippen LogP contribution in [0.1, 0.15) is 40.5 Å². The molecule has 6 nitrogen and oxygen atoms in total. The van der Waals surface area contributed by atoms with Crippen LogP contribution >= 0.6 is 0 Å². The quantitative estimate of drug-likeness (QED) is 0.710. The second kappa shape index (κ2) is 5.25. The molecule has 1 amide bonds. The fraction of sp³-hybridized carbons (Fsp3) is 0.867. The number of fused-ring (bicyclic) bond motifs is 1. The maximum absolute atomic E-state index is 12.7. The predicted octanol–water partition coefficient (Wildman–Crippen LogP) is 0.744. The van der Waals surface area contributed by atoms with E-state index in [2.05, 4.69) is 5.32 Å². The van der Waals surface area contributed by atoms with E-state index in [0.717, 1.165) is 12.8 Å². The van der Waals surface area contributed by atoms with Gasteiger partial charge in [-0.05, 0) is 18.8 Å². The maximum atomic E-state index is 12.7. The molecule has 2 rings (SSSR count). The van der Waals surface area contributed by atoms with Crippen LogP contribution in [-0.4, -0.2) is 41.3 Å². The molecule has 2 aliphatic rings. The van der Waals surface area contributed by atoms with Gasteiger partial charge in [-0.25, -0.2) is 4.79 Å². The third-order valence-corrected chi connectivity index (χ3v) is 5.28. The van der Waals surface area contributed by atoms with Crippen molar-refractivity contribution in [2.24, 2.45) is 23.0 Å². The minimum absolute atomic E-state index is 0.0238. The van der Waals surface area contributed by atoms with Gasteiger partial charge in [0.1, 0.15) is 11.6 Å². The minimum atomic E-state index is -1.07. The van der Waals surface area contributed by atoms with E-state index < -0.39 is 23.0 Å². The predicted molar refractivity (Wildman–Crippen MR) is 77.6 cm³/mol. The second-order valence-corrected chi connectivity index (χ2v) is 7.16. The summed E-state index contributed by atoms with van der Waals surface area (Å²) >= 11 is 0. The van der Waals surface area contributed by atoms with E-state index in [1.54, 1.807) is 13.8 Å². The lowest BCUT2D eigenvalue weighted by Crippen LogP contribution is -2.82. The fourth-order valence-corrected chi connectivity index (χ4v) is 3.81. The van der Waals surface area contributed by atoms with Crippen molar-refractivity contribution in [2.75, 3.05) is 6.61 Å². The molecule has 1 aliphatic heterocycles. The molecule has 0 bridgehead atoms. The number of carboxylic acid groups (broad SMARTS) is 1. The Morgan fingerprint density at radius 3 is 2.52 bits per heavy atom. The van der Waals surface area contributed by atoms with Gasteiger partial charge in [0.15, 0.2) is 0 Å². The van der Waals surface area contributed by atoms with Crippen molar-refractivity contribution in [1.82, 2.24) is 5.32 Å². The summed E-state index contributed by atoms with van der Waals surface area (Å²) in [4.78, 5) is 24.0. The highest BCUT2D eigenvalue weighted by molar-refractivity contribution is 5.92. The zero-order valence-electron chi connectivity index (χ0n) is 13.2. The van der Waals surface area contributed by atoms with Crippen LogP contribution < -0.4 is 11.1 Å². The Hall–Kier alpha value is -1.14. The molecule has 21 heavy (non-hydrogen) atoms. The van der Waals surface area contributed by atoms with Crippen molar-refractivity contribution in [3.8, 4) is 0 Å². The number of nitrogens with two attached hydrogens (primary N) is 1. The molecule has 120 valence electrons. The molecule has 1 heterocycles. The molecule has 1 aliphatic carbocycles. The van der Waals surface area contributed by atoms with Crippen LogP contribution in [0.15, 0.2) is 0 Å². The topological polar surface area (TPSA) is 102 Å². The van der Waals surface area contributed by atoms with E-state index in [0.29, 0.717) is 6.61 Å². The average molecular weight is 298 g/mol. The molecule has 1 saturated heterocycles. The van der Waals surface area contributed by atoms with Gasteiger partial charge in [0.05, 0.1) is 6.10 Å². The zero-order chi connectivity index (χ0) is 16.0. The van der Waals surface area contributed by atoms with E-state index in [4.69, 9.17) is 10.5 Å². The molecule has 6 heteroatoms. The van der Waals surface area contributed by atoms with Crippen molar-refractivity contribution in [3.05, 3.63) is 0 Å². The standard InChI is InChI=1S/C15H26N2O4/c1-8(2)10(12(18)19)17-13(20)15(16)9-6-5-7-21-11(9)14(15,3)4/h8-11H,5-7,16H2,1-4H3,(H,17,20)(H,18,19)/t9?,10-,11?,15?/m0/s1. The summed E-state index contributed by atoms with van der Waals surface area (Å²) in [5.41, 5.74) is 4.88. The molecule has 3 unspecified atom stereocenters. The smallest absolute Gasteiger partial charge is 0.326 e. The summed E-state index contributed by atoms with van der Waals surface area (Å²) in [6, 6.07) is -0.919. The highest BCUT2D eigenvalue weighted by Gasteiger charge is 2.70. The Balaban J connectivity index is 2.19.